The average Bonchev–Trinajstić information content (AvgIpc) is 2.32. The largest absolute Gasteiger partial charge is 0.426 e. The third-order valence-electron chi connectivity index (χ3n) is 5.47. The third kappa shape index (κ3) is 1.21. The lowest BCUT2D eigenvalue weighted by Gasteiger charge is -2.59. The highest BCUT2D eigenvalue weighted by Gasteiger charge is 2.54. The Hall–Kier alpha value is -1.31. The molecule has 2 heteroatoms. The molecule has 0 amide bonds. The molecule has 18 heavy (non-hydrogen) atoms. The maximum atomic E-state index is 11.4. The number of hydrogen-bond donors (Lipinski definition) is 0. The van der Waals surface area contributed by atoms with E-state index in [4.69, 9.17) is 4.74 Å². The zero-order valence-corrected chi connectivity index (χ0v) is 10.8. The van der Waals surface area contributed by atoms with Crippen molar-refractivity contribution in [3.05, 3.63) is 28.8 Å². The van der Waals surface area contributed by atoms with Gasteiger partial charge in [-0.2, -0.15) is 0 Å². The van der Waals surface area contributed by atoms with Gasteiger partial charge in [-0.15, -0.1) is 0 Å². The lowest BCUT2D eigenvalue weighted by atomic mass is 9.45. The summed E-state index contributed by atoms with van der Waals surface area (Å²) in [7, 11) is 0. The Morgan fingerprint density at radius 2 is 2.00 bits per heavy atom. The second-order valence-electron chi connectivity index (χ2n) is 6.17. The predicted octanol–water partition coefficient (Wildman–Crippen LogP) is 3.29. The summed E-state index contributed by atoms with van der Waals surface area (Å²) in [5.74, 6) is 1.66. The van der Waals surface area contributed by atoms with E-state index in [0.717, 1.165) is 18.1 Å². The van der Waals surface area contributed by atoms with Crippen molar-refractivity contribution in [1.29, 1.82) is 0 Å². The van der Waals surface area contributed by atoms with E-state index in [1.54, 1.807) is 0 Å². The van der Waals surface area contributed by atoms with Crippen LogP contribution in [0, 0.1) is 12.8 Å². The van der Waals surface area contributed by atoms with E-state index in [1.807, 2.05) is 0 Å². The molecule has 1 aromatic carbocycles. The molecule has 0 spiro atoms. The molecule has 1 aromatic rings. The average molecular weight is 242 g/mol. The second kappa shape index (κ2) is 3.37. The summed E-state index contributed by atoms with van der Waals surface area (Å²) < 4.78 is 5.44. The van der Waals surface area contributed by atoms with E-state index >= 15 is 0 Å². The van der Waals surface area contributed by atoms with Crippen molar-refractivity contribution >= 4 is 5.97 Å². The fourth-order valence-corrected chi connectivity index (χ4v) is 4.07. The number of hydrogen-bond acceptors (Lipinski definition) is 2. The number of ether oxygens (including phenoxy) is 1. The molecular formula is C16H18O2. The van der Waals surface area contributed by atoms with Crippen LogP contribution in [0.5, 0.6) is 5.75 Å². The van der Waals surface area contributed by atoms with Gasteiger partial charge in [-0.05, 0) is 73.1 Å². The van der Waals surface area contributed by atoms with E-state index in [1.165, 1.54) is 42.4 Å². The minimum Gasteiger partial charge on any atom is -0.426 e. The summed E-state index contributed by atoms with van der Waals surface area (Å²) in [6.07, 6.45) is 6.79. The molecule has 0 N–H and O–H groups in total. The summed E-state index contributed by atoms with van der Waals surface area (Å²) in [5, 5.41) is 0. The number of benzene rings is 1. The highest BCUT2D eigenvalue weighted by Crippen LogP contribution is 2.62. The van der Waals surface area contributed by atoms with Crippen molar-refractivity contribution in [2.45, 2.75) is 50.9 Å². The van der Waals surface area contributed by atoms with Crippen LogP contribution in [0.15, 0.2) is 12.1 Å². The fraction of sp³-hybridized carbons (Fsp3) is 0.562. The molecule has 2 nitrogen and oxygen atoms in total. The topological polar surface area (TPSA) is 26.3 Å². The Balaban J connectivity index is 1.80. The van der Waals surface area contributed by atoms with Gasteiger partial charge in [0, 0.05) is 0 Å². The van der Waals surface area contributed by atoms with Gasteiger partial charge in [0.1, 0.15) is 5.75 Å². The minimum absolute atomic E-state index is 0.0738. The van der Waals surface area contributed by atoms with Gasteiger partial charge in [0.15, 0.2) is 0 Å². The van der Waals surface area contributed by atoms with Gasteiger partial charge in [0.05, 0.1) is 6.42 Å². The first-order chi connectivity index (χ1) is 8.69. The van der Waals surface area contributed by atoms with E-state index in [9.17, 15) is 4.79 Å². The Kier molecular flexibility index (Phi) is 1.98. The van der Waals surface area contributed by atoms with Gasteiger partial charge in [-0.3, -0.25) is 4.79 Å². The summed E-state index contributed by atoms with van der Waals surface area (Å²) in [6, 6.07) is 4.51. The van der Waals surface area contributed by atoms with Gasteiger partial charge in [-0.25, -0.2) is 0 Å². The maximum Gasteiger partial charge on any atom is 0.311 e. The first-order valence-electron chi connectivity index (χ1n) is 7.04. The van der Waals surface area contributed by atoms with Crippen molar-refractivity contribution in [1.82, 2.24) is 0 Å². The molecule has 0 atom stereocenters. The Morgan fingerprint density at radius 1 is 1.22 bits per heavy atom. The van der Waals surface area contributed by atoms with Crippen molar-refractivity contribution < 1.29 is 9.53 Å². The van der Waals surface area contributed by atoms with Crippen LogP contribution in [0.25, 0.3) is 0 Å². The molecule has 0 bridgehead atoms. The Bertz CT molecular complexity index is 536. The molecule has 3 aliphatic rings. The Labute approximate surface area is 107 Å². The quantitative estimate of drug-likeness (QED) is 0.558. The Morgan fingerprint density at radius 3 is 2.61 bits per heavy atom. The molecule has 4 rings (SSSR count). The van der Waals surface area contributed by atoms with Gasteiger partial charge in [0.2, 0.25) is 0 Å². The molecule has 0 aromatic heterocycles. The smallest absolute Gasteiger partial charge is 0.311 e. The van der Waals surface area contributed by atoms with Gasteiger partial charge < -0.3 is 4.74 Å². The lowest BCUT2D eigenvalue weighted by molar-refractivity contribution is -0.135. The molecule has 1 aliphatic heterocycles. The number of rotatable bonds is 1. The molecule has 2 aliphatic carbocycles. The highest BCUT2D eigenvalue weighted by atomic mass is 16.5. The normalized spacial score (nSPS) is 32.7. The molecule has 94 valence electrons. The monoisotopic (exact) mass is 242 g/mol. The number of esters is 1. The van der Waals surface area contributed by atoms with Crippen molar-refractivity contribution in [3.63, 3.8) is 0 Å². The summed E-state index contributed by atoms with van der Waals surface area (Å²) in [6.45, 7) is 2.16. The van der Waals surface area contributed by atoms with Crippen LogP contribution < -0.4 is 4.74 Å². The van der Waals surface area contributed by atoms with E-state index in [0.29, 0.717) is 11.8 Å². The first kappa shape index (κ1) is 10.6. The van der Waals surface area contributed by atoms with E-state index in [-0.39, 0.29) is 5.97 Å². The molecular weight excluding hydrogens is 224 g/mol. The van der Waals surface area contributed by atoms with Crippen LogP contribution in [0.1, 0.15) is 48.8 Å². The fourth-order valence-electron chi connectivity index (χ4n) is 4.07. The number of carbonyl (C=O) groups excluding carboxylic acids is 1. The summed E-state index contributed by atoms with van der Waals surface area (Å²) in [4.78, 5) is 11.4. The number of carbonyl (C=O) groups is 1. The van der Waals surface area contributed by atoms with Crippen molar-refractivity contribution in [2.24, 2.45) is 5.92 Å². The van der Waals surface area contributed by atoms with Crippen molar-refractivity contribution in [2.75, 3.05) is 0 Å². The minimum atomic E-state index is -0.0738. The molecule has 0 saturated heterocycles. The standard InChI is InChI=1S/C16H18O2/c1-10-8-12(16-6-4-11(16)5-7-16)9-14-13(10)2-3-15(17)18-14/h8-9,11H,2-7H2,1H3. The number of fused-ring (bicyclic) bond motifs is 2. The first-order valence-corrected chi connectivity index (χ1v) is 7.04. The summed E-state index contributed by atoms with van der Waals surface area (Å²) >= 11 is 0. The van der Waals surface area contributed by atoms with E-state index < -0.39 is 0 Å². The molecule has 1 heterocycles. The van der Waals surface area contributed by atoms with Gasteiger partial charge >= 0.3 is 5.97 Å². The van der Waals surface area contributed by atoms with E-state index in [2.05, 4.69) is 19.1 Å². The van der Waals surface area contributed by atoms with Crippen LogP contribution in [0.4, 0.5) is 0 Å². The summed E-state index contributed by atoms with van der Waals surface area (Å²) in [5.41, 5.74) is 4.42. The third-order valence-corrected chi connectivity index (χ3v) is 5.47. The van der Waals surface area contributed by atoms with Gasteiger partial charge in [0.25, 0.3) is 0 Å². The SMILES string of the molecule is Cc1cc(C23CCC2CC3)cc2c1CCC(=O)O2. The van der Waals surface area contributed by atoms with Crippen LogP contribution in [0.3, 0.4) is 0 Å². The van der Waals surface area contributed by atoms with Crippen LogP contribution >= 0.6 is 0 Å². The van der Waals surface area contributed by atoms with Crippen LogP contribution in [-0.4, -0.2) is 5.97 Å². The van der Waals surface area contributed by atoms with Crippen LogP contribution in [-0.2, 0) is 16.6 Å². The highest BCUT2D eigenvalue weighted by molar-refractivity contribution is 5.76. The lowest BCUT2D eigenvalue weighted by Crippen LogP contribution is -2.52. The maximum absolute atomic E-state index is 11.4. The van der Waals surface area contributed by atoms with Gasteiger partial charge in [-0.1, -0.05) is 6.07 Å². The zero-order valence-electron chi connectivity index (χ0n) is 10.8. The molecule has 2 fully saturated rings. The van der Waals surface area contributed by atoms with Crippen molar-refractivity contribution in [3.8, 4) is 5.75 Å². The molecule has 0 radical (unpaired) electrons. The van der Waals surface area contributed by atoms with Crippen LogP contribution in [0.2, 0.25) is 0 Å². The molecule has 0 unspecified atom stereocenters. The molecule has 2 saturated carbocycles. The zero-order chi connectivity index (χ0) is 12.3. The number of aryl methyl sites for hydroxylation is 1. The predicted molar refractivity (Wildman–Crippen MR) is 68.8 cm³/mol. The second-order valence-corrected chi connectivity index (χ2v) is 6.17.